The topological polar surface area (TPSA) is 104 Å². The van der Waals surface area contributed by atoms with Gasteiger partial charge in [-0.05, 0) is 0 Å². The van der Waals surface area contributed by atoms with Gasteiger partial charge in [0.15, 0.2) is 5.03 Å². The number of anilines is 1. The number of rotatable bonds is 3. The van der Waals surface area contributed by atoms with Crippen LogP contribution >= 0.6 is 0 Å². The molecule has 0 aromatic carbocycles. The third kappa shape index (κ3) is 1.59. The lowest BCUT2D eigenvalue weighted by atomic mass is 11.0. The molecular weight excluding hydrogens is 206 g/mol. The second-order valence-electron chi connectivity index (χ2n) is 2.46. The zero-order valence-corrected chi connectivity index (χ0v) is 7.75. The van der Waals surface area contributed by atoms with Crippen LogP contribution in [0.3, 0.4) is 0 Å². The molecule has 0 saturated heterocycles. The van der Waals surface area contributed by atoms with Gasteiger partial charge in [0.2, 0.25) is 5.95 Å². The Morgan fingerprint density at radius 2 is 2.21 bits per heavy atom. The lowest BCUT2D eigenvalue weighted by Gasteiger charge is -2.01. The van der Waals surface area contributed by atoms with Crippen molar-refractivity contribution in [2.75, 3.05) is 4.72 Å². The normalized spacial score (nSPS) is 11.4. The van der Waals surface area contributed by atoms with E-state index in [1.165, 1.54) is 24.9 Å². The van der Waals surface area contributed by atoms with Crippen LogP contribution < -0.4 is 4.72 Å². The standard InChI is InChI=1S/C6H7N5O2S/c12-14(13,5-3-7-4-10-5)11-6-8-1-2-9-6/h1-4H,(H,7,10)(H2,8,9,11). The second-order valence-corrected chi connectivity index (χ2v) is 4.11. The molecule has 0 bridgehead atoms. The zero-order chi connectivity index (χ0) is 10.0. The Morgan fingerprint density at radius 3 is 2.79 bits per heavy atom. The smallest absolute Gasteiger partial charge is 0.281 e. The number of H-pyrrole nitrogens is 2. The molecule has 0 atom stereocenters. The predicted octanol–water partition coefficient (Wildman–Crippen LogP) is -0.0664. The largest absolute Gasteiger partial charge is 0.334 e. The molecule has 2 rings (SSSR count). The molecular formula is C6H7N5O2S. The molecule has 0 fully saturated rings. The highest BCUT2D eigenvalue weighted by Gasteiger charge is 2.16. The van der Waals surface area contributed by atoms with Gasteiger partial charge in [0, 0.05) is 12.4 Å². The first-order valence-corrected chi connectivity index (χ1v) is 5.17. The van der Waals surface area contributed by atoms with Crippen molar-refractivity contribution in [3.63, 3.8) is 0 Å². The molecule has 0 aliphatic heterocycles. The summed E-state index contributed by atoms with van der Waals surface area (Å²) < 4.78 is 25.3. The van der Waals surface area contributed by atoms with E-state index in [-0.39, 0.29) is 11.0 Å². The molecule has 7 nitrogen and oxygen atoms in total. The minimum atomic E-state index is -3.60. The second kappa shape index (κ2) is 3.14. The first kappa shape index (κ1) is 8.75. The summed E-state index contributed by atoms with van der Waals surface area (Å²) >= 11 is 0. The Hall–Kier alpha value is -1.83. The van der Waals surface area contributed by atoms with Gasteiger partial charge in [0.05, 0.1) is 12.5 Å². The minimum Gasteiger partial charge on any atom is -0.334 e. The highest BCUT2D eigenvalue weighted by atomic mass is 32.2. The molecule has 2 heterocycles. The predicted molar refractivity (Wildman–Crippen MR) is 48.0 cm³/mol. The van der Waals surface area contributed by atoms with Gasteiger partial charge in [-0.3, -0.25) is 0 Å². The maximum Gasteiger partial charge on any atom is 0.281 e. The molecule has 0 aliphatic rings. The fourth-order valence-electron chi connectivity index (χ4n) is 0.893. The van der Waals surface area contributed by atoms with Crippen LogP contribution in [0.4, 0.5) is 5.95 Å². The van der Waals surface area contributed by atoms with E-state index in [4.69, 9.17) is 0 Å². The molecule has 8 heteroatoms. The quantitative estimate of drug-likeness (QED) is 0.664. The average molecular weight is 213 g/mol. The van der Waals surface area contributed by atoms with Crippen molar-refractivity contribution in [2.45, 2.75) is 5.03 Å². The number of aromatic amines is 2. The lowest BCUT2D eigenvalue weighted by Crippen LogP contribution is -2.14. The van der Waals surface area contributed by atoms with E-state index in [9.17, 15) is 8.42 Å². The Labute approximate surface area is 79.7 Å². The molecule has 0 aliphatic carbocycles. The summed E-state index contributed by atoms with van der Waals surface area (Å²) in [6, 6.07) is 0. The Bertz CT molecular complexity index is 486. The summed E-state index contributed by atoms with van der Waals surface area (Å²) in [5.41, 5.74) is 0. The van der Waals surface area contributed by atoms with E-state index in [2.05, 4.69) is 24.7 Å². The summed E-state index contributed by atoms with van der Waals surface area (Å²) in [6.07, 6.45) is 5.47. The van der Waals surface area contributed by atoms with Crippen LogP contribution in [0, 0.1) is 0 Å². The van der Waals surface area contributed by atoms with Crippen molar-refractivity contribution in [1.82, 2.24) is 19.9 Å². The van der Waals surface area contributed by atoms with Crippen molar-refractivity contribution in [3.05, 3.63) is 24.9 Å². The van der Waals surface area contributed by atoms with Gasteiger partial charge < -0.3 is 9.97 Å². The van der Waals surface area contributed by atoms with Crippen LogP contribution in [-0.2, 0) is 10.0 Å². The highest BCUT2D eigenvalue weighted by Crippen LogP contribution is 2.07. The first-order valence-electron chi connectivity index (χ1n) is 3.69. The summed E-state index contributed by atoms with van der Waals surface area (Å²) in [7, 11) is -3.60. The zero-order valence-electron chi connectivity index (χ0n) is 6.93. The first-order chi connectivity index (χ1) is 6.68. The number of nitrogens with one attached hydrogen (secondary N) is 3. The fourth-order valence-corrected chi connectivity index (χ4v) is 1.78. The minimum absolute atomic E-state index is 0.00565. The van der Waals surface area contributed by atoms with Gasteiger partial charge in [-0.15, -0.1) is 0 Å². The van der Waals surface area contributed by atoms with Crippen molar-refractivity contribution in [2.24, 2.45) is 0 Å². The fraction of sp³-hybridized carbons (Fsp3) is 0. The molecule has 0 amide bonds. The Morgan fingerprint density at radius 1 is 1.36 bits per heavy atom. The summed E-state index contributed by atoms with van der Waals surface area (Å²) in [6.45, 7) is 0. The molecule has 14 heavy (non-hydrogen) atoms. The summed E-state index contributed by atoms with van der Waals surface area (Å²) in [5, 5.41) is -0.00565. The van der Waals surface area contributed by atoms with Crippen molar-refractivity contribution < 1.29 is 8.42 Å². The molecule has 0 saturated carbocycles. The average Bonchev–Trinajstić information content (AvgIpc) is 2.71. The van der Waals surface area contributed by atoms with Crippen LogP contribution in [0.15, 0.2) is 29.9 Å². The molecule has 0 unspecified atom stereocenters. The maximum atomic E-state index is 11.5. The monoisotopic (exact) mass is 213 g/mol. The van der Waals surface area contributed by atoms with Gasteiger partial charge in [-0.1, -0.05) is 0 Å². The van der Waals surface area contributed by atoms with Gasteiger partial charge in [0.25, 0.3) is 10.0 Å². The van der Waals surface area contributed by atoms with Crippen LogP contribution in [-0.4, -0.2) is 28.4 Å². The van der Waals surface area contributed by atoms with Crippen LogP contribution in [0.5, 0.6) is 0 Å². The van der Waals surface area contributed by atoms with Crippen LogP contribution in [0.2, 0.25) is 0 Å². The Kier molecular flexibility index (Phi) is 1.97. The van der Waals surface area contributed by atoms with E-state index in [1.807, 2.05) is 0 Å². The van der Waals surface area contributed by atoms with E-state index in [0.717, 1.165) is 0 Å². The highest BCUT2D eigenvalue weighted by molar-refractivity contribution is 7.92. The number of hydrogen-bond acceptors (Lipinski definition) is 4. The summed E-state index contributed by atoms with van der Waals surface area (Å²) in [4.78, 5) is 12.4. The number of sulfonamides is 1. The van der Waals surface area contributed by atoms with E-state index < -0.39 is 10.0 Å². The van der Waals surface area contributed by atoms with Gasteiger partial charge in [-0.25, -0.2) is 14.7 Å². The van der Waals surface area contributed by atoms with E-state index >= 15 is 0 Å². The molecule has 74 valence electrons. The number of aromatic nitrogens is 4. The van der Waals surface area contributed by atoms with Crippen LogP contribution in [0.1, 0.15) is 0 Å². The molecule has 2 aromatic heterocycles. The molecule has 0 radical (unpaired) electrons. The van der Waals surface area contributed by atoms with Gasteiger partial charge in [0.1, 0.15) is 0 Å². The SMILES string of the molecule is O=S(=O)(Nc1ncc[nH]1)c1cnc[nH]1. The third-order valence-corrected chi connectivity index (χ3v) is 2.76. The summed E-state index contributed by atoms with van der Waals surface area (Å²) in [5.74, 6) is 0.166. The molecule has 0 spiro atoms. The number of imidazole rings is 2. The van der Waals surface area contributed by atoms with E-state index in [0.29, 0.717) is 0 Å². The van der Waals surface area contributed by atoms with Crippen molar-refractivity contribution in [1.29, 1.82) is 0 Å². The van der Waals surface area contributed by atoms with E-state index in [1.54, 1.807) is 0 Å². The molecule has 2 aromatic rings. The van der Waals surface area contributed by atoms with Crippen molar-refractivity contribution in [3.8, 4) is 0 Å². The number of nitrogens with zero attached hydrogens (tertiary/aromatic N) is 2. The third-order valence-electron chi connectivity index (χ3n) is 1.49. The molecule has 3 N–H and O–H groups in total. The lowest BCUT2D eigenvalue weighted by molar-refractivity contribution is 0.598. The van der Waals surface area contributed by atoms with Gasteiger partial charge >= 0.3 is 0 Å². The van der Waals surface area contributed by atoms with Crippen molar-refractivity contribution >= 4 is 16.0 Å². The Balaban J connectivity index is 2.27. The van der Waals surface area contributed by atoms with Gasteiger partial charge in [-0.2, -0.15) is 8.42 Å². The van der Waals surface area contributed by atoms with Crippen LogP contribution in [0.25, 0.3) is 0 Å². The maximum absolute atomic E-state index is 11.5. The number of hydrogen-bond donors (Lipinski definition) is 3.